The van der Waals surface area contributed by atoms with Crippen LogP contribution in [0.15, 0.2) is 42.0 Å². The number of amides is 1. The highest BCUT2D eigenvalue weighted by Crippen LogP contribution is 2.17. The van der Waals surface area contributed by atoms with Gasteiger partial charge in [0.15, 0.2) is 0 Å². The van der Waals surface area contributed by atoms with E-state index < -0.39 is 11.6 Å². The van der Waals surface area contributed by atoms with Crippen molar-refractivity contribution in [2.45, 2.75) is 20.8 Å². The smallest absolute Gasteiger partial charge is 0.251 e. The van der Waals surface area contributed by atoms with Gasteiger partial charge in [0.1, 0.15) is 17.4 Å². The third kappa shape index (κ3) is 5.41. The van der Waals surface area contributed by atoms with Gasteiger partial charge in [0.2, 0.25) is 0 Å². The van der Waals surface area contributed by atoms with Gasteiger partial charge in [-0.1, -0.05) is 11.6 Å². The van der Waals surface area contributed by atoms with E-state index in [0.717, 1.165) is 17.2 Å². The van der Waals surface area contributed by atoms with Crippen molar-refractivity contribution in [1.29, 1.82) is 0 Å². The molecule has 1 amide bonds. The second kappa shape index (κ2) is 8.42. The lowest BCUT2D eigenvalue weighted by atomic mass is 10.1. The van der Waals surface area contributed by atoms with E-state index in [4.69, 9.17) is 4.74 Å². The first-order valence-corrected chi connectivity index (χ1v) is 8.04. The van der Waals surface area contributed by atoms with Crippen molar-refractivity contribution in [1.82, 2.24) is 5.32 Å². The number of carbonyl (C=O) groups excluding carboxylic acids is 1. The summed E-state index contributed by atoms with van der Waals surface area (Å²) >= 11 is 0. The summed E-state index contributed by atoms with van der Waals surface area (Å²) in [4.78, 5) is 12.3. The van der Waals surface area contributed by atoms with Gasteiger partial charge in [-0.3, -0.25) is 4.79 Å². The van der Waals surface area contributed by atoms with Gasteiger partial charge in [0.25, 0.3) is 5.91 Å². The van der Waals surface area contributed by atoms with Crippen molar-refractivity contribution >= 4 is 12.0 Å². The lowest BCUT2D eigenvalue weighted by Crippen LogP contribution is -2.25. The Balaban J connectivity index is 2.05. The van der Waals surface area contributed by atoms with Crippen LogP contribution in [0, 0.1) is 18.6 Å². The fourth-order valence-corrected chi connectivity index (χ4v) is 2.39. The Morgan fingerprint density at radius 2 is 1.96 bits per heavy atom. The predicted molar refractivity (Wildman–Crippen MR) is 94.7 cm³/mol. The number of carbonyl (C=O) groups is 1. The summed E-state index contributed by atoms with van der Waals surface area (Å²) in [5.41, 5.74) is 2.46. The third-order valence-corrected chi connectivity index (χ3v) is 3.52. The molecule has 2 aromatic rings. The molecule has 0 aliphatic heterocycles. The molecular formula is C20H21F2NO2. The van der Waals surface area contributed by atoms with E-state index in [0.29, 0.717) is 17.9 Å². The fourth-order valence-electron chi connectivity index (χ4n) is 2.39. The van der Waals surface area contributed by atoms with Crippen molar-refractivity contribution in [3.8, 4) is 5.75 Å². The minimum absolute atomic E-state index is 0.239. The molecule has 0 unspecified atom stereocenters. The maximum Gasteiger partial charge on any atom is 0.251 e. The van der Waals surface area contributed by atoms with Crippen molar-refractivity contribution in [2.24, 2.45) is 0 Å². The van der Waals surface area contributed by atoms with Crippen LogP contribution in [0.25, 0.3) is 6.08 Å². The van der Waals surface area contributed by atoms with Crippen molar-refractivity contribution in [2.75, 3.05) is 13.2 Å². The molecule has 25 heavy (non-hydrogen) atoms. The molecule has 5 heteroatoms. The van der Waals surface area contributed by atoms with E-state index in [1.807, 2.05) is 19.9 Å². The van der Waals surface area contributed by atoms with Crippen LogP contribution in [0.2, 0.25) is 0 Å². The van der Waals surface area contributed by atoms with E-state index in [2.05, 4.69) is 5.32 Å². The average molecular weight is 345 g/mol. The van der Waals surface area contributed by atoms with Crippen LogP contribution in [-0.4, -0.2) is 19.1 Å². The second-order valence-electron chi connectivity index (χ2n) is 5.81. The van der Waals surface area contributed by atoms with E-state index in [-0.39, 0.29) is 18.0 Å². The molecule has 0 fully saturated rings. The first-order valence-electron chi connectivity index (χ1n) is 8.04. The number of hydrogen-bond donors (Lipinski definition) is 1. The molecule has 1 N–H and O–H groups in total. The molecule has 0 saturated carbocycles. The number of ether oxygens (including phenoxy) is 1. The zero-order valence-electron chi connectivity index (χ0n) is 14.5. The Kier molecular flexibility index (Phi) is 6.28. The van der Waals surface area contributed by atoms with Crippen LogP contribution in [0.3, 0.4) is 0 Å². The van der Waals surface area contributed by atoms with Crippen LogP contribution in [0.5, 0.6) is 5.75 Å². The topological polar surface area (TPSA) is 38.3 Å². The molecule has 0 spiro atoms. The molecule has 3 nitrogen and oxygen atoms in total. The SMILES string of the molecule is CCOc1cc(C)cc(C(=O)NC/C(C)=C/c2ccc(F)cc2F)c1. The molecule has 2 rings (SSSR count). The highest BCUT2D eigenvalue weighted by atomic mass is 19.1. The molecule has 0 radical (unpaired) electrons. The summed E-state index contributed by atoms with van der Waals surface area (Å²) in [6.45, 7) is 6.32. The zero-order valence-corrected chi connectivity index (χ0v) is 14.5. The Morgan fingerprint density at radius 3 is 2.64 bits per heavy atom. The molecule has 0 aromatic heterocycles. The van der Waals surface area contributed by atoms with Crippen LogP contribution in [-0.2, 0) is 0 Å². The van der Waals surface area contributed by atoms with Gasteiger partial charge in [0.05, 0.1) is 6.61 Å². The second-order valence-corrected chi connectivity index (χ2v) is 5.81. The first-order chi connectivity index (χ1) is 11.9. The van der Waals surface area contributed by atoms with Gasteiger partial charge < -0.3 is 10.1 Å². The molecule has 0 aliphatic rings. The predicted octanol–water partition coefficient (Wildman–Crippen LogP) is 4.51. The highest BCUT2D eigenvalue weighted by Gasteiger charge is 2.08. The molecule has 132 valence electrons. The Hall–Kier alpha value is -2.69. The molecule has 0 saturated heterocycles. The van der Waals surface area contributed by atoms with E-state index in [1.54, 1.807) is 25.1 Å². The maximum atomic E-state index is 13.7. The zero-order chi connectivity index (χ0) is 18.4. The lowest BCUT2D eigenvalue weighted by molar-refractivity contribution is 0.0956. The third-order valence-electron chi connectivity index (χ3n) is 3.52. The number of rotatable bonds is 6. The molecule has 0 bridgehead atoms. The summed E-state index contributed by atoms with van der Waals surface area (Å²) in [5, 5.41) is 2.79. The van der Waals surface area contributed by atoms with Crippen molar-refractivity contribution < 1.29 is 18.3 Å². The van der Waals surface area contributed by atoms with Gasteiger partial charge in [-0.2, -0.15) is 0 Å². The van der Waals surface area contributed by atoms with E-state index >= 15 is 0 Å². The molecule has 0 atom stereocenters. The van der Waals surface area contributed by atoms with Gasteiger partial charge >= 0.3 is 0 Å². The average Bonchev–Trinajstić information content (AvgIpc) is 2.55. The van der Waals surface area contributed by atoms with Crippen LogP contribution in [0.1, 0.15) is 35.3 Å². The summed E-state index contributed by atoms with van der Waals surface area (Å²) in [6, 6.07) is 8.72. The largest absolute Gasteiger partial charge is 0.494 e. The molecule has 0 aliphatic carbocycles. The summed E-state index contributed by atoms with van der Waals surface area (Å²) in [7, 11) is 0. The number of halogens is 2. The molecule has 2 aromatic carbocycles. The minimum Gasteiger partial charge on any atom is -0.494 e. The number of benzene rings is 2. The van der Waals surface area contributed by atoms with E-state index in [9.17, 15) is 13.6 Å². The molecule has 0 heterocycles. The monoisotopic (exact) mass is 345 g/mol. The van der Waals surface area contributed by atoms with Gasteiger partial charge in [-0.05, 0) is 56.7 Å². The quantitative estimate of drug-likeness (QED) is 0.837. The summed E-state index contributed by atoms with van der Waals surface area (Å²) < 4.78 is 32.0. The number of aryl methyl sites for hydroxylation is 1. The minimum atomic E-state index is -0.634. The normalized spacial score (nSPS) is 11.3. The van der Waals surface area contributed by atoms with Crippen molar-refractivity contribution in [3.63, 3.8) is 0 Å². The Morgan fingerprint density at radius 1 is 1.20 bits per heavy atom. The maximum absolute atomic E-state index is 13.7. The van der Waals surface area contributed by atoms with Crippen molar-refractivity contribution in [3.05, 3.63) is 70.3 Å². The van der Waals surface area contributed by atoms with E-state index in [1.165, 1.54) is 12.1 Å². The molecular weight excluding hydrogens is 324 g/mol. The lowest BCUT2D eigenvalue weighted by Gasteiger charge is -2.09. The van der Waals surface area contributed by atoms with Crippen LogP contribution in [0.4, 0.5) is 8.78 Å². The highest BCUT2D eigenvalue weighted by molar-refractivity contribution is 5.95. The van der Waals surface area contributed by atoms with Gasteiger partial charge in [0, 0.05) is 23.7 Å². The number of nitrogens with one attached hydrogen (secondary N) is 1. The Bertz CT molecular complexity index is 800. The summed E-state index contributed by atoms with van der Waals surface area (Å²) in [6.07, 6.45) is 1.58. The van der Waals surface area contributed by atoms with Gasteiger partial charge in [-0.25, -0.2) is 8.78 Å². The standard InChI is InChI=1S/C20H21F2NO2/c1-4-25-18-9-13(2)7-16(10-18)20(24)23-12-14(3)8-15-5-6-17(21)11-19(15)22/h5-11H,4,12H2,1-3H3,(H,23,24)/b14-8+. The fraction of sp³-hybridized carbons (Fsp3) is 0.250. The first kappa shape index (κ1) is 18.6. The van der Waals surface area contributed by atoms with Crippen LogP contribution < -0.4 is 10.1 Å². The van der Waals surface area contributed by atoms with Gasteiger partial charge in [-0.15, -0.1) is 0 Å². The number of hydrogen-bond acceptors (Lipinski definition) is 2. The Labute approximate surface area is 146 Å². The van der Waals surface area contributed by atoms with Crippen LogP contribution >= 0.6 is 0 Å². The summed E-state index contributed by atoms with van der Waals surface area (Å²) in [5.74, 6) is -0.846.